The minimum Gasteiger partial charge on any atom is -0.310 e. The second-order valence-electron chi connectivity index (χ2n) is 13.4. The molecule has 0 aromatic heterocycles. The van der Waals surface area contributed by atoms with E-state index in [1.807, 2.05) is 0 Å². The number of benzene rings is 10. The Morgan fingerprint density at radius 1 is 0.212 bits per heavy atom. The molecule has 0 aliphatic rings. The van der Waals surface area contributed by atoms with Gasteiger partial charge in [-0.2, -0.15) is 0 Å². The fraction of sp³-hybridized carbons (Fsp3) is 0. The highest BCUT2D eigenvalue weighted by molar-refractivity contribution is 6.12. The van der Waals surface area contributed by atoms with E-state index >= 15 is 0 Å². The van der Waals surface area contributed by atoms with Gasteiger partial charge in [0.1, 0.15) is 0 Å². The van der Waals surface area contributed by atoms with Crippen molar-refractivity contribution in [2.45, 2.75) is 0 Å². The quantitative estimate of drug-likeness (QED) is 0.164. The summed E-state index contributed by atoms with van der Waals surface area (Å²) < 4.78 is 0. The van der Waals surface area contributed by atoms with E-state index in [-0.39, 0.29) is 0 Å². The molecular weight excluding hydrogens is 629 g/mol. The molecule has 0 radical (unpaired) electrons. The number of para-hydroxylation sites is 2. The minimum atomic E-state index is 1.11. The number of fused-ring (bicyclic) bond motifs is 7. The Bertz CT molecular complexity index is 2910. The third-order valence-electron chi connectivity index (χ3n) is 10.4. The Morgan fingerprint density at radius 2 is 0.615 bits per heavy atom. The molecule has 244 valence electrons. The van der Waals surface area contributed by atoms with Gasteiger partial charge in [0.2, 0.25) is 0 Å². The van der Waals surface area contributed by atoms with Crippen LogP contribution in [0.3, 0.4) is 0 Å². The van der Waals surface area contributed by atoms with E-state index in [0.717, 1.165) is 34.1 Å². The highest BCUT2D eigenvalue weighted by Crippen LogP contribution is 2.45. The molecule has 0 heterocycles. The smallest absolute Gasteiger partial charge is 0.0540 e. The molecule has 0 spiro atoms. The van der Waals surface area contributed by atoms with Crippen molar-refractivity contribution in [3.8, 4) is 0 Å². The van der Waals surface area contributed by atoms with Crippen molar-refractivity contribution >= 4 is 88.0 Å². The van der Waals surface area contributed by atoms with Crippen molar-refractivity contribution in [1.82, 2.24) is 0 Å². The molecule has 0 aliphatic heterocycles. The summed E-state index contributed by atoms with van der Waals surface area (Å²) in [5.41, 5.74) is 6.72. The van der Waals surface area contributed by atoms with Crippen LogP contribution >= 0.6 is 0 Å². The van der Waals surface area contributed by atoms with Gasteiger partial charge < -0.3 is 9.80 Å². The van der Waals surface area contributed by atoms with E-state index in [0.29, 0.717) is 0 Å². The molecule has 2 nitrogen and oxygen atoms in total. The van der Waals surface area contributed by atoms with E-state index in [1.54, 1.807) is 0 Å². The second kappa shape index (κ2) is 12.5. The average Bonchev–Trinajstić information content (AvgIpc) is 3.22. The zero-order valence-corrected chi connectivity index (χ0v) is 28.5. The Kier molecular flexibility index (Phi) is 7.18. The molecule has 0 atom stereocenters. The molecule has 0 fully saturated rings. The molecule has 0 aliphatic carbocycles. The van der Waals surface area contributed by atoms with Crippen LogP contribution in [0.4, 0.5) is 34.1 Å². The van der Waals surface area contributed by atoms with Gasteiger partial charge in [0, 0.05) is 33.5 Å². The number of anilines is 6. The van der Waals surface area contributed by atoms with Gasteiger partial charge in [-0.25, -0.2) is 0 Å². The second-order valence-corrected chi connectivity index (χ2v) is 13.4. The maximum absolute atomic E-state index is 2.40. The number of rotatable bonds is 6. The Balaban J connectivity index is 1.19. The van der Waals surface area contributed by atoms with E-state index in [1.165, 1.54) is 53.9 Å². The summed E-state index contributed by atoms with van der Waals surface area (Å²) in [6.45, 7) is 0. The summed E-state index contributed by atoms with van der Waals surface area (Å²) in [6.07, 6.45) is 0. The van der Waals surface area contributed by atoms with Gasteiger partial charge in [-0.05, 0) is 104 Å². The largest absolute Gasteiger partial charge is 0.310 e. The third kappa shape index (κ3) is 5.04. The van der Waals surface area contributed by atoms with Gasteiger partial charge in [-0.15, -0.1) is 0 Å². The Labute approximate surface area is 303 Å². The summed E-state index contributed by atoms with van der Waals surface area (Å²) in [7, 11) is 0. The van der Waals surface area contributed by atoms with Crippen LogP contribution in [0.1, 0.15) is 0 Å². The number of hydrogen-bond donors (Lipinski definition) is 0. The SMILES string of the molecule is c1ccc(N(c2ccc3c(ccc4ccccc43)c2)c2cccc3c(N(c4ccccc4)c4ccc5ccc6ccccc6c5c4)cccc23)cc1. The molecule has 2 heteroatoms. The fourth-order valence-electron chi connectivity index (χ4n) is 7.94. The van der Waals surface area contributed by atoms with Crippen LogP contribution in [0.15, 0.2) is 206 Å². The van der Waals surface area contributed by atoms with E-state index < -0.39 is 0 Å². The zero-order valence-electron chi connectivity index (χ0n) is 28.5. The van der Waals surface area contributed by atoms with Crippen molar-refractivity contribution in [1.29, 1.82) is 0 Å². The van der Waals surface area contributed by atoms with Crippen molar-refractivity contribution < 1.29 is 0 Å². The fourth-order valence-corrected chi connectivity index (χ4v) is 7.94. The van der Waals surface area contributed by atoms with Crippen molar-refractivity contribution in [2.24, 2.45) is 0 Å². The van der Waals surface area contributed by atoms with E-state index in [2.05, 4.69) is 216 Å². The lowest BCUT2D eigenvalue weighted by Crippen LogP contribution is -2.12. The first-order chi connectivity index (χ1) is 25.8. The standard InChI is InChI=1S/C50H34N2/c1-3-15-39(16-4-1)51(41-31-32-45-38(33-41)28-27-35-13-7-9-19-43(35)45)49-23-11-22-47-46(49)21-12-24-50(47)52(40-17-5-2-6-18-40)42-30-29-37-26-25-36-14-8-10-20-44(36)48(37)34-42/h1-34H. The van der Waals surface area contributed by atoms with Gasteiger partial charge in [-0.1, -0.05) is 146 Å². The van der Waals surface area contributed by atoms with Crippen LogP contribution in [0.5, 0.6) is 0 Å². The molecule has 10 rings (SSSR count). The molecule has 52 heavy (non-hydrogen) atoms. The van der Waals surface area contributed by atoms with Crippen LogP contribution in [-0.2, 0) is 0 Å². The average molecular weight is 663 g/mol. The van der Waals surface area contributed by atoms with Crippen molar-refractivity contribution in [2.75, 3.05) is 9.80 Å². The number of nitrogens with zero attached hydrogens (tertiary/aromatic N) is 2. The summed E-state index contributed by atoms with van der Waals surface area (Å²) in [5.74, 6) is 0. The summed E-state index contributed by atoms with van der Waals surface area (Å²) in [4.78, 5) is 4.80. The Hall–Kier alpha value is -6.90. The van der Waals surface area contributed by atoms with Crippen LogP contribution in [0, 0.1) is 0 Å². The third-order valence-corrected chi connectivity index (χ3v) is 10.4. The molecule has 0 saturated heterocycles. The molecule has 0 saturated carbocycles. The molecule has 0 amide bonds. The predicted molar refractivity (Wildman–Crippen MR) is 223 cm³/mol. The topological polar surface area (TPSA) is 6.48 Å². The lowest BCUT2D eigenvalue weighted by molar-refractivity contribution is 1.29. The molecule has 10 aromatic rings. The highest BCUT2D eigenvalue weighted by Gasteiger charge is 2.20. The predicted octanol–water partition coefficient (Wildman–Crippen LogP) is 14.4. The first-order valence-electron chi connectivity index (χ1n) is 17.9. The number of hydrogen-bond acceptors (Lipinski definition) is 2. The maximum Gasteiger partial charge on any atom is 0.0540 e. The minimum absolute atomic E-state index is 1.11. The highest BCUT2D eigenvalue weighted by atomic mass is 15.2. The zero-order chi connectivity index (χ0) is 34.4. The van der Waals surface area contributed by atoms with Gasteiger partial charge in [0.25, 0.3) is 0 Å². The summed E-state index contributed by atoms with van der Waals surface area (Å²) >= 11 is 0. The monoisotopic (exact) mass is 662 g/mol. The van der Waals surface area contributed by atoms with Gasteiger partial charge >= 0.3 is 0 Å². The van der Waals surface area contributed by atoms with Gasteiger partial charge in [0.15, 0.2) is 0 Å². The van der Waals surface area contributed by atoms with E-state index in [9.17, 15) is 0 Å². The Morgan fingerprint density at radius 3 is 1.21 bits per heavy atom. The summed E-state index contributed by atoms with van der Waals surface area (Å²) in [6, 6.07) is 74.8. The molecule has 0 N–H and O–H groups in total. The van der Waals surface area contributed by atoms with Crippen LogP contribution in [-0.4, -0.2) is 0 Å². The molecule has 0 bridgehead atoms. The van der Waals surface area contributed by atoms with Crippen LogP contribution in [0.2, 0.25) is 0 Å². The van der Waals surface area contributed by atoms with Crippen LogP contribution < -0.4 is 9.80 Å². The molecule has 10 aromatic carbocycles. The van der Waals surface area contributed by atoms with Crippen LogP contribution in [0.25, 0.3) is 53.9 Å². The van der Waals surface area contributed by atoms with Gasteiger partial charge in [-0.3, -0.25) is 0 Å². The lowest BCUT2D eigenvalue weighted by Gasteiger charge is -2.30. The lowest BCUT2D eigenvalue weighted by atomic mass is 9.99. The summed E-state index contributed by atoms with van der Waals surface area (Å²) in [5, 5.41) is 12.3. The normalized spacial score (nSPS) is 11.5. The van der Waals surface area contributed by atoms with E-state index in [4.69, 9.17) is 0 Å². The molecular formula is C50H34N2. The van der Waals surface area contributed by atoms with Crippen molar-refractivity contribution in [3.63, 3.8) is 0 Å². The first kappa shape index (κ1) is 30.0. The molecule has 0 unspecified atom stereocenters. The maximum atomic E-state index is 2.40. The van der Waals surface area contributed by atoms with Gasteiger partial charge in [0.05, 0.1) is 11.4 Å². The van der Waals surface area contributed by atoms with Crippen molar-refractivity contribution in [3.05, 3.63) is 206 Å². The first-order valence-corrected chi connectivity index (χ1v) is 17.9.